The number of para-hydroxylation sites is 2. The van der Waals surface area contributed by atoms with Gasteiger partial charge >= 0.3 is 0 Å². The average Bonchev–Trinajstić information content (AvgIpc) is 3.03. The molecule has 1 N–H and O–H groups in total. The van der Waals surface area contributed by atoms with Crippen molar-refractivity contribution in [3.63, 3.8) is 0 Å². The number of hydrogen-bond acceptors (Lipinski definition) is 3. The van der Waals surface area contributed by atoms with E-state index >= 15 is 0 Å². The van der Waals surface area contributed by atoms with Gasteiger partial charge in [0, 0.05) is 18.6 Å². The van der Waals surface area contributed by atoms with Gasteiger partial charge in [0.05, 0.1) is 29.4 Å². The van der Waals surface area contributed by atoms with Crippen LogP contribution < -0.4 is 5.32 Å². The van der Waals surface area contributed by atoms with E-state index < -0.39 is 0 Å². The molecule has 3 rings (SSSR count). The number of hydrogen-bond donors (Lipinski definition) is 1. The zero-order chi connectivity index (χ0) is 13.8. The Kier molecular flexibility index (Phi) is 3.46. The third kappa shape index (κ3) is 2.54. The number of nitrogens with one attached hydrogen (secondary N) is 1. The van der Waals surface area contributed by atoms with E-state index in [1.807, 2.05) is 47.3 Å². The standard InChI is InChI=1S/C16H16N4/c1-13(14-6-4-5-9-18-14)19-15-7-2-3-8-16(15)20-11-10-17-12-20/h2-13,19H,1H3. The number of nitrogens with zero attached hydrogens (tertiary/aromatic N) is 3. The molecule has 0 amide bonds. The molecule has 0 aliphatic rings. The lowest BCUT2D eigenvalue weighted by Crippen LogP contribution is -2.10. The summed E-state index contributed by atoms with van der Waals surface area (Å²) >= 11 is 0. The molecule has 0 saturated heterocycles. The molecule has 100 valence electrons. The number of pyridine rings is 1. The Morgan fingerprint density at radius 1 is 1.05 bits per heavy atom. The zero-order valence-corrected chi connectivity index (χ0v) is 11.3. The molecule has 2 heterocycles. The number of aromatic nitrogens is 3. The Hall–Kier alpha value is -2.62. The van der Waals surface area contributed by atoms with E-state index in [1.165, 1.54) is 0 Å². The fraction of sp³-hybridized carbons (Fsp3) is 0.125. The van der Waals surface area contributed by atoms with Crippen molar-refractivity contribution in [2.24, 2.45) is 0 Å². The van der Waals surface area contributed by atoms with Gasteiger partial charge in [-0.2, -0.15) is 0 Å². The summed E-state index contributed by atoms with van der Waals surface area (Å²) < 4.78 is 1.99. The second-order valence-corrected chi connectivity index (χ2v) is 4.61. The van der Waals surface area contributed by atoms with Crippen LogP contribution in [-0.2, 0) is 0 Å². The van der Waals surface area contributed by atoms with Crippen LogP contribution in [0.25, 0.3) is 5.69 Å². The molecule has 1 atom stereocenters. The van der Waals surface area contributed by atoms with Crippen molar-refractivity contribution >= 4 is 5.69 Å². The average molecular weight is 264 g/mol. The van der Waals surface area contributed by atoms with Gasteiger partial charge in [-0.05, 0) is 31.2 Å². The first-order chi connectivity index (χ1) is 9.84. The molecule has 0 saturated carbocycles. The fourth-order valence-electron chi connectivity index (χ4n) is 2.16. The van der Waals surface area contributed by atoms with Gasteiger partial charge in [-0.25, -0.2) is 4.98 Å². The Morgan fingerprint density at radius 3 is 2.65 bits per heavy atom. The highest BCUT2D eigenvalue weighted by atomic mass is 15.1. The number of rotatable bonds is 4. The van der Waals surface area contributed by atoms with Gasteiger partial charge in [-0.15, -0.1) is 0 Å². The Balaban J connectivity index is 1.88. The zero-order valence-electron chi connectivity index (χ0n) is 11.3. The van der Waals surface area contributed by atoms with Crippen LogP contribution in [0.3, 0.4) is 0 Å². The van der Waals surface area contributed by atoms with Crippen LogP contribution in [-0.4, -0.2) is 14.5 Å². The molecule has 0 fully saturated rings. The molecule has 20 heavy (non-hydrogen) atoms. The van der Waals surface area contributed by atoms with Gasteiger partial charge in [0.15, 0.2) is 0 Å². The van der Waals surface area contributed by atoms with Gasteiger partial charge in [0.2, 0.25) is 0 Å². The lowest BCUT2D eigenvalue weighted by Gasteiger charge is -2.18. The van der Waals surface area contributed by atoms with Crippen molar-refractivity contribution in [3.05, 3.63) is 73.1 Å². The summed E-state index contributed by atoms with van der Waals surface area (Å²) in [7, 11) is 0. The Labute approximate surface area is 118 Å². The van der Waals surface area contributed by atoms with E-state index in [9.17, 15) is 0 Å². The largest absolute Gasteiger partial charge is 0.375 e. The van der Waals surface area contributed by atoms with Crippen LogP contribution in [0, 0.1) is 0 Å². The maximum Gasteiger partial charge on any atom is 0.0992 e. The molecule has 0 aliphatic carbocycles. The number of anilines is 1. The lowest BCUT2D eigenvalue weighted by atomic mass is 10.2. The van der Waals surface area contributed by atoms with E-state index in [4.69, 9.17) is 0 Å². The van der Waals surface area contributed by atoms with Crippen molar-refractivity contribution in [3.8, 4) is 5.69 Å². The maximum absolute atomic E-state index is 4.39. The smallest absolute Gasteiger partial charge is 0.0992 e. The number of benzene rings is 1. The predicted octanol–water partition coefficient (Wildman–Crippen LogP) is 3.44. The molecule has 0 radical (unpaired) electrons. The van der Waals surface area contributed by atoms with Crippen molar-refractivity contribution in [2.45, 2.75) is 13.0 Å². The molecule has 0 aliphatic heterocycles. The van der Waals surface area contributed by atoms with E-state index in [0.717, 1.165) is 17.1 Å². The van der Waals surface area contributed by atoms with Crippen molar-refractivity contribution in [1.82, 2.24) is 14.5 Å². The van der Waals surface area contributed by atoms with Crippen LogP contribution in [0.2, 0.25) is 0 Å². The molecule has 4 nitrogen and oxygen atoms in total. The molecule has 1 unspecified atom stereocenters. The summed E-state index contributed by atoms with van der Waals surface area (Å²) in [6.45, 7) is 2.10. The van der Waals surface area contributed by atoms with Gasteiger partial charge in [-0.3, -0.25) is 4.98 Å². The number of imidazole rings is 1. The summed E-state index contributed by atoms with van der Waals surface area (Å²) in [5.41, 5.74) is 3.16. The molecule has 4 heteroatoms. The van der Waals surface area contributed by atoms with Gasteiger partial charge in [0.25, 0.3) is 0 Å². The minimum absolute atomic E-state index is 0.140. The first-order valence-corrected chi connectivity index (χ1v) is 6.59. The molecule has 1 aromatic carbocycles. The molecular formula is C16H16N4. The van der Waals surface area contributed by atoms with E-state index in [-0.39, 0.29) is 6.04 Å². The highest BCUT2D eigenvalue weighted by Crippen LogP contribution is 2.24. The van der Waals surface area contributed by atoms with Crippen LogP contribution in [0.15, 0.2) is 67.4 Å². The summed E-state index contributed by atoms with van der Waals surface area (Å²) in [5.74, 6) is 0. The summed E-state index contributed by atoms with van der Waals surface area (Å²) in [4.78, 5) is 8.49. The monoisotopic (exact) mass is 264 g/mol. The first kappa shape index (κ1) is 12.4. The summed E-state index contributed by atoms with van der Waals surface area (Å²) in [6, 6.07) is 14.3. The lowest BCUT2D eigenvalue weighted by molar-refractivity contribution is 0.836. The second-order valence-electron chi connectivity index (χ2n) is 4.61. The quantitative estimate of drug-likeness (QED) is 0.785. The Morgan fingerprint density at radius 2 is 1.90 bits per heavy atom. The van der Waals surface area contributed by atoms with Crippen LogP contribution in [0.5, 0.6) is 0 Å². The molecular weight excluding hydrogens is 248 g/mol. The van der Waals surface area contributed by atoms with Gasteiger partial charge in [0.1, 0.15) is 0 Å². The molecule has 3 aromatic rings. The predicted molar refractivity (Wildman–Crippen MR) is 79.8 cm³/mol. The second kappa shape index (κ2) is 5.57. The van der Waals surface area contributed by atoms with E-state index in [2.05, 4.69) is 34.3 Å². The van der Waals surface area contributed by atoms with Crippen LogP contribution >= 0.6 is 0 Å². The van der Waals surface area contributed by atoms with Crippen molar-refractivity contribution in [2.75, 3.05) is 5.32 Å². The highest BCUT2D eigenvalue weighted by Gasteiger charge is 2.09. The van der Waals surface area contributed by atoms with Gasteiger partial charge < -0.3 is 9.88 Å². The third-order valence-electron chi connectivity index (χ3n) is 3.19. The topological polar surface area (TPSA) is 42.7 Å². The van der Waals surface area contributed by atoms with Crippen LogP contribution in [0.1, 0.15) is 18.7 Å². The maximum atomic E-state index is 4.39. The minimum Gasteiger partial charge on any atom is -0.375 e. The SMILES string of the molecule is CC(Nc1ccccc1-n1ccnc1)c1ccccn1. The Bertz CT molecular complexity index is 662. The molecule has 0 bridgehead atoms. The van der Waals surface area contributed by atoms with Crippen molar-refractivity contribution < 1.29 is 0 Å². The molecule has 2 aromatic heterocycles. The van der Waals surface area contributed by atoms with E-state index in [1.54, 1.807) is 12.5 Å². The van der Waals surface area contributed by atoms with Crippen LogP contribution in [0.4, 0.5) is 5.69 Å². The van der Waals surface area contributed by atoms with Crippen molar-refractivity contribution in [1.29, 1.82) is 0 Å². The normalized spacial score (nSPS) is 12.1. The summed E-state index contributed by atoms with van der Waals surface area (Å²) in [6.07, 6.45) is 7.33. The third-order valence-corrected chi connectivity index (χ3v) is 3.19. The first-order valence-electron chi connectivity index (χ1n) is 6.59. The van der Waals surface area contributed by atoms with E-state index in [0.29, 0.717) is 0 Å². The fourth-order valence-corrected chi connectivity index (χ4v) is 2.16. The summed E-state index contributed by atoms with van der Waals surface area (Å²) in [5, 5.41) is 3.50. The van der Waals surface area contributed by atoms with Gasteiger partial charge in [-0.1, -0.05) is 18.2 Å². The molecule has 0 spiro atoms. The minimum atomic E-state index is 0.140. The highest BCUT2D eigenvalue weighted by molar-refractivity contribution is 5.61.